The Morgan fingerprint density at radius 3 is 2.59 bits per heavy atom. The summed E-state index contributed by atoms with van der Waals surface area (Å²) in [6.45, 7) is 0. The predicted molar refractivity (Wildman–Crippen MR) is 104 cm³/mol. The summed E-state index contributed by atoms with van der Waals surface area (Å²) in [6.07, 6.45) is 3.42. The molecule has 0 saturated heterocycles. The second-order valence-corrected chi connectivity index (χ2v) is 9.41. The van der Waals surface area contributed by atoms with Gasteiger partial charge in [-0.1, -0.05) is 24.3 Å². The lowest BCUT2D eigenvalue weighted by atomic mass is 10.1. The number of hydrogen-bond acceptors (Lipinski definition) is 5. The minimum absolute atomic E-state index is 0.118. The van der Waals surface area contributed by atoms with Crippen molar-refractivity contribution in [3.8, 4) is 0 Å². The van der Waals surface area contributed by atoms with Crippen molar-refractivity contribution in [2.24, 2.45) is 0 Å². The summed E-state index contributed by atoms with van der Waals surface area (Å²) in [5.74, 6) is -0.755. The normalized spacial score (nSPS) is 11.3. The van der Waals surface area contributed by atoms with E-state index in [1.807, 2.05) is 0 Å². The highest BCUT2D eigenvalue weighted by atomic mass is 32.2. The molecule has 140 valence electrons. The van der Waals surface area contributed by atoms with Crippen molar-refractivity contribution >= 4 is 32.2 Å². The largest absolute Gasteiger partial charge is 0.298 e. The van der Waals surface area contributed by atoms with Crippen molar-refractivity contribution < 1.29 is 17.6 Å². The van der Waals surface area contributed by atoms with E-state index < -0.39 is 9.84 Å². The summed E-state index contributed by atoms with van der Waals surface area (Å²) in [7, 11) is -3.17. The van der Waals surface area contributed by atoms with Gasteiger partial charge in [0.2, 0.25) is 0 Å². The first-order valence-electron chi connectivity index (χ1n) is 8.06. The average Bonchev–Trinajstić information content (AvgIpc) is 3.02. The number of hydrogen-bond donors (Lipinski definition) is 1. The van der Waals surface area contributed by atoms with Crippen LogP contribution in [0.25, 0.3) is 0 Å². The van der Waals surface area contributed by atoms with Crippen LogP contribution in [0.3, 0.4) is 0 Å². The molecule has 0 unspecified atom stereocenters. The Labute approximate surface area is 160 Å². The zero-order chi connectivity index (χ0) is 19.4. The molecule has 0 aliphatic heterocycles. The number of carbonyl (C=O) groups excluding carboxylic acids is 1. The van der Waals surface area contributed by atoms with Gasteiger partial charge in [-0.2, -0.15) is 0 Å². The molecule has 1 aromatic heterocycles. The number of carbonyl (C=O) groups is 1. The third-order valence-electron chi connectivity index (χ3n) is 3.68. The van der Waals surface area contributed by atoms with Gasteiger partial charge in [0, 0.05) is 29.3 Å². The van der Waals surface area contributed by atoms with Crippen molar-refractivity contribution in [2.45, 2.75) is 12.2 Å². The molecule has 0 bridgehead atoms. The van der Waals surface area contributed by atoms with E-state index in [0.29, 0.717) is 22.7 Å². The van der Waals surface area contributed by atoms with Crippen LogP contribution in [0.15, 0.2) is 54.7 Å². The second kappa shape index (κ2) is 7.98. The Morgan fingerprint density at radius 2 is 1.89 bits per heavy atom. The van der Waals surface area contributed by atoms with E-state index in [2.05, 4.69) is 10.3 Å². The molecule has 1 N–H and O–H groups in total. The number of nitrogens with one attached hydrogen (secondary N) is 1. The number of thiazole rings is 1. The van der Waals surface area contributed by atoms with Gasteiger partial charge in [-0.15, -0.1) is 11.3 Å². The molecule has 3 rings (SSSR count). The van der Waals surface area contributed by atoms with Gasteiger partial charge in [-0.05, 0) is 35.4 Å². The van der Waals surface area contributed by atoms with Crippen molar-refractivity contribution in [1.82, 2.24) is 4.98 Å². The van der Waals surface area contributed by atoms with Gasteiger partial charge < -0.3 is 0 Å². The van der Waals surface area contributed by atoms with Gasteiger partial charge in [0.1, 0.15) is 5.82 Å². The first-order chi connectivity index (χ1) is 12.8. The zero-order valence-electron chi connectivity index (χ0n) is 14.5. The predicted octanol–water partition coefficient (Wildman–Crippen LogP) is 3.67. The van der Waals surface area contributed by atoms with Crippen molar-refractivity contribution in [3.63, 3.8) is 0 Å². The number of amides is 1. The van der Waals surface area contributed by atoms with E-state index in [0.717, 1.165) is 16.7 Å². The van der Waals surface area contributed by atoms with Crippen LogP contribution in [0.2, 0.25) is 0 Å². The molecule has 1 heterocycles. The van der Waals surface area contributed by atoms with Crippen LogP contribution in [0.4, 0.5) is 9.52 Å². The van der Waals surface area contributed by atoms with Crippen molar-refractivity contribution in [2.75, 3.05) is 11.6 Å². The van der Waals surface area contributed by atoms with E-state index in [9.17, 15) is 17.6 Å². The molecule has 0 atom stereocenters. The first kappa shape index (κ1) is 19.2. The Hall–Kier alpha value is -2.58. The highest BCUT2D eigenvalue weighted by Gasteiger charge is 2.12. The van der Waals surface area contributed by atoms with E-state index in [-0.39, 0.29) is 17.5 Å². The molecular formula is C19H17FN2O3S2. The fourth-order valence-corrected chi connectivity index (χ4v) is 4.15. The average molecular weight is 404 g/mol. The quantitative estimate of drug-likeness (QED) is 0.680. The van der Waals surface area contributed by atoms with Crippen LogP contribution >= 0.6 is 11.3 Å². The summed E-state index contributed by atoms with van der Waals surface area (Å²) < 4.78 is 35.8. The van der Waals surface area contributed by atoms with Crippen LogP contribution in [-0.4, -0.2) is 25.6 Å². The molecule has 2 aromatic carbocycles. The van der Waals surface area contributed by atoms with Gasteiger partial charge >= 0.3 is 0 Å². The minimum Gasteiger partial charge on any atom is -0.298 e. The molecule has 5 nitrogen and oxygen atoms in total. The molecular weight excluding hydrogens is 387 g/mol. The van der Waals surface area contributed by atoms with E-state index in [4.69, 9.17) is 0 Å². The van der Waals surface area contributed by atoms with Crippen molar-refractivity contribution in [3.05, 3.63) is 82.1 Å². The zero-order valence-corrected chi connectivity index (χ0v) is 16.1. The molecule has 27 heavy (non-hydrogen) atoms. The number of benzene rings is 2. The monoisotopic (exact) mass is 404 g/mol. The Morgan fingerprint density at radius 1 is 1.15 bits per heavy atom. The number of nitrogens with zero attached hydrogens (tertiary/aromatic N) is 1. The van der Waals surface area contributed by atoms with Gasteiger partial charge in [0.15, 0.2) is 15.0 Å². The summed E-state index contributed by atoms with van der Waals surface area (Å²) in [5, 5.41) is 3.17. The molecule has 0 aliphatic rings. The Kier molecular flexibility index (Phi) is 5.67. The maximum atomic E-state index is 13.0. The lowest BCUT2D eigenvalue weighted by Crippen LogP contribution is -2.12. The maximum Gasteiger partial charge on any atom is 0.257 e. The Balaban J connectivity index is 1.67. The van der Waals surface area contributed by atoms with Crippen LogP contribution < -0.4 is 5.32 Å². The second-order valence-electron chi connectivity index (χ2n) is 6.16. The number of rotatable bonds is 6. The third-order valence-corrected chi connectivity index (χ3v) is 5.45. The third kappa shape index (κ3) is 5.70. The highest BCUT2D eigenvalue weighted by molar-refractivity contribution is 7.89. The smallest absolute Gasteiger partial charge is 0.257 e. The fourth-order valence-electron chi connectivity index (χ4n) is 2.52. The van der Waals surface area contributed by atoms with Crippen molar-refractivity contribution in [1.29, 1.82) is 0 Å². The van der Waals surface area contributed by atoms with Gasteiger partial charge in [0.25, 0.3) is 5.91 Å². The number of aromatic nitrogens is 1. The molecule has 8 heteroatoms. The maximum absolute atomic E-state index is 13.0. The lowest BCUT2D eigenvalue weighted by Gasteiger charge is -2.04. The van der Waals surface area contributed by atoms with Gasteiger partial charge in [0.05, 0.1) is 5.75 Å². The molecule has 0 radical (unpaired) electrons. The molecule has 3 aromatic rings. The SMILES string of the molecule is CS(=O)(=O)Cc1cccc(C(=O)Nc2ncc(Cc3ccc(F)cc3)s2)c1. The van der Waals surface area contributed by atoms with E-state index in [1.165, 1.54) is 23.5 Å². The van der Waals surface area contributed by atoms with E-state index in [1.54, 1.807) is 42.6 Å². The number of sulfone groups is 1. The lowest BCUT2D eigenvalue weighted by molar-refractivity contribution is 0.102. The summed E-state index contributed by atoms with van der Waals surface area (Å²) in [5.41, 5.74) is 1.87. The molecule has 0 saturated carbocycles. The Bertz CT molecular complexity index is 1060. The van der Waals surface area contributed by atoms with Crippen LogP contribution in [-0.2, 0) is 22.0 Å². The summed E-state index contributed by atoms with van der Waals surface area (Å²) in [6, 6.07) is 12.7. The molecule has 0 aliphatic carbocycles. The summed E-state index contributed by atoms with van der Waals surface area (Å²) >= 11 is 1.34. The molecule has 0 spiro atoms. The van der Waals surface area contributed by atoms with Crippen LogP contribution in [0.5, 0.6) is 0 Å². The molecule has 0 fully saturated rings. The number of halogens is 1. The van der Waals surface area contributed by atoms with Gasteiger partial charge in [-0.3, -0.25) is 10.1 Å². The number of anilines is 1. The highest BCUT2D eigenvalue weighted by Crippen LogP contribution is 2.22. The minimum atomic E-state index is -3.17. The van der Waals surface area contributed by atoms with Crippen LogP contribution in [0, 0.1) is 5.82 Å². The fraction of sp³-hybridized carbons (Fsp3) is 0.158. The van der Waals surface area contributed by atoms with E-state index >= 15 is 0 Å². The first-order valence-corrected chi connectivity index (χ1v) is 10.9. The topological polar surface area (TPSA) is 76.1 Å². The summed E-state index contributed by atoms with van der Waals surface area (Å²) in [4.78, 5) is 17.5. The van der Waals surface area contributed by atoms with Gasteiger partial charge in [-0.25, -0.2) is 17.8 Å². The standard InChI is InChI=1S/C19H17FN2O3S2/c1-27(24,25)12-14-3-2-4-15(9-14)18(23)22-19-21-11-17(26-19)10-13-5-7-16(20)8-6-13/h2-9,11H,10,12H2,1H3,(H,21,22,23). The van der Waals surface area contributed by atoms with Crippen LogP contribution in [0.1, 0.15) is 26.4 Å². The molecule has 1 amide bonds.